The van der Waals surface area contributed by atoms with Gasteiger partial charge in [0.1, 0.15) is 5.82 Å². The van der Waals surface area contributed by atoms with Crippen LogP contribution < -0.4 is 5.73 Å². The van der Waals surface area contributed by atoms with E-state index >= 15 is 0 Å². The van der Waals surface area contributed by atoms with Gasteiger partial charge in [-0.15, -0.1) is 0 Å². The normalized spacial score (nSPS) is 13.6. The molecule has 0 bridgehead atoms. The van der Waals surface area contributed by atoms with Crippen molar-refractivity contribution >= 4 is 11.0 Å². The number of nitrogens with one attached hydrogen (secondary N) is 1. The molecule has 3 N–H and O–H groups in total. The lowest BCUT2D eigenvalue weighted by Crippen LogP contribution is -2.29. The Morgan fingerprint density at radius 2 is 2.27 bits per heavy atom. The zero-order valence-corrected chi connectivity index (χ0v) is 9.07. The molecular weight excluding hydrogens is 188 g/mol. The number of hydrogen-bond acceptors (Lipinski definition) is 3. The van der Waals surface area contributed by atoms with Gasteiger partial charge in [0, 0.05) is 18.7 Å². The van der Waals surface area contributed by atoms with Crippen molar-refractivity contribution in [3.63, 3.8) is 0 Å². The first-order valence-electron chi connectivity index (χ1n) is 5.21. The summed E-state index contributed by atoms with van der Waals surface area (Å²) in [6, 6.07) is 2.05. The van der Waals surface area contributed by atoms with Crippen LogP contribution in [-0.4, -0.2) is 21.0 Å². The van der Waals surface area contributed by atoms with Crippen molar-refractivity contribution in [1.29, 1.82) is 0 Å². The molecule has 0 aliphatic carbocycles. The molecule has 1 unspecified atom stereocenters. The van der Waals surface area contributed by atoms with E-state index in [1.807, 2.05) is 6.07 Å². The Morgan fingerprint density at radius 3 is 2.93 bits per heavy atom. The van der Waals surface area contributed by atoms with Gasteiger partial charge in [0.15, 0.2) is 0 Å². The third-order valence-corrected chi connectivity index (χ3v) is 2.62. The van der Waals surface area contributed by atoms with Gasteiger partial charge < -0.3 is 10.7 Å². The fourth-order valence-corrected chi connectivity index (χ4v) is 1.47. The van der Waals surface area contributed by atoms with Crippen LogP contribution in [0.1, 0.15) is 19.7 Å². The Hall–Kier alpha value is -1.42. The highest BCUT2D eigenvalue weighted by atomic mass is 14.9. The SMILES string of the molecule is CC(C)C(N)Cc1nc2ccncc2[nH]1. The molecule has 0 fully saturated rings. The fraction of sp³-hybridized carbons (Fsp3) is 0.455. The Morgan fingerprint density at radius 1 is 1.47 bits per heavy atom. The van der Waals surface area contributed by atoms with E-state index < -0.39 is 0 Å². The Balaban J connectivity index is 2.22. The summed E-state index contributed by atoms with van der Waals surface area (Å²) in [6.45, 7) is 4.24. The van der Waals surface area contributed by atoms with E-state index in [0.717, 1.165) is 23.3 Å². The van der Waals surface area contributed by atoms with Crippen LogP contribution in [0, 0.1) is 5.92 Å². The maximum Gasteiger partial charge on any atom is 0.108 e. The summed E-state index contributed by atoms with van der Waals surface area (Å²) < 4.78 is 0. The highest BCUT2D eigenvalue weighted by molar-refractivity contribution is 5.73. The minimum absolute atomic E-state index is 0.151. The fourth-order valence-electron chi connectivity index (χ4n) is 1.47. The molecule has 0 aliphatic heterocycles. The van der Waals surface area contributed by atoms with Crippen LogP contribution in [0.2, 0.25) is 0 Å². The maximum absolute atomic E-state index is 5.99. The molecule has 0 aliphatic rings. The van der Waals surface area contributed by atoms with E-state index in [2.05, 4.69) is 28.8 Å². The molecule has 0 radical (unpaired) electrons. The maximum atomic E-state index is 5.99. The monoisotopic (exact) mass is 204 g/mol. The van der Waals surface area contributed by atoms with Gasteiger partial charge >= 0.3 is 0 Å². The van der Waals surface area contributed by atoms with Gasteiger partial charge in [0.25, 0.3) is 0 Å². The minimum atomic E-state index is 0.151. The number of nitrogens with zero attached hydrogens (tertiary/aromatic N) is 2. The first-order valence-corrected chi connectivity index (χ1v) is 5.21. The lowest BCUT2D eigenvalue weighted by atomic mass is 10.0. The predicted molar refractivity (Wildman–Crippen MR) is 60.4 cm³/mol. The van der Waals surface area contributed by atoms with Crippen molar-refractivity contribution in [2.24, 2.45) is 11.7 Å². The van der Waals surface area contributed by atoms with E-state index in [-0.39, 0.29) is 6.04 Å². The second kappa shape index (κ2) is 3.98. The molecule has 2 aromatic heterocycles. The first kappa shape index (κ1) is 10.1. The number of imidazole rings is 1. The van der Waals surface area contributed by atoms with Crippen molar-refractivity contribution in [1.82, 2.24) is 15.0 Å². The van der Waals surface area contributed by atoms with Gasteiger partial charge in [-0.3, -0.25) is 4.98 Å². The standard InChI is InChI=1S/C11H16N4/c1-7(2)8(12)5-11-14-9-3-4-13-6-10(9)15-11/h3-4,6-8H,5,12H2,1-2H3,(H,14,15). The highest BCUT2D eigenvalue weighted by Crippen LogP contribution is 2.11. The van der Waals surface area contributed by atoms with Gasteiger partial charge in [-0.1, -0.05) is 13.8 Å². The first-order chi connectivity index (χ1) is 7.16. The number of pyridine rings is 1. The van der Waals surface area contributed by atoms with Gasteiger partial charge in [-0.2, -0.15) is 0 Å². The highest BCUT2D eigenvalue weighted by Gasteiger charge is 2.11. The molecule has 1 atom stereocenters. The zero-order valence-electron chi connectivity index (χ0n) is 9.07. The topological polar surface area (TPSA) is 67.6 Å². The number of aromatic amines is 1. The van der Waals surface area contributed by atoms with Crippen LogP contribution in [0.25, 0.3) is 11.0 Å². The van der Waals surface area contributed by atoms with Crippen molar-refractivity contribution in [2.45, 2.75) is 26.3 Å². The molecule has 0 saturated carbocycles. The smallest absolute Gasteiger partial charge is 0.108 e. The molecule has 0 spiro atoms. The van der Waals surface area contributed by atoms with Crippen molar-refractivity contribution in [3.8, 4) is 0 Å². The Kier molecular flexibility index (Phi) is 2.68. The second-order valence-electron chi connectivity index (χ2n) is 4.19. The van der Waals surface area contributed by atoms with Crippen LogP contribution in [0.3, 0.4) is 0 Å². The van der Waals surface area contributed by atoms with Gasteiger partial charge in [-0.25, -0.2) is 4.98 Å². The summed E-state index contributed by atoms with van der Waals surface area (Å²) in [5, 5.41) is 0. The Labute approximate surface area is 88.9 Å². The summed E-state index contributed by atoms with van der Waals surface area (Å²) in [6.07, 6.45) is 4.31. The van der Waals surface area contributed by atoms with Crippen LogP contribution in [0.4, 0.5) is 0 Å². The number of hydrogen-bond donors (Lipinski definition) is 2. The average Bonchev–Trinajstić information content (AvgIpc) is 2.59. The molecule has 2 rings (SSSR count). The van der Waals surface area contributed by atoms with E-state index in [9.17, 15) is 0 Å². The van der Waals surface area contributed by atoms with Crippen LogP contribution in [0.15, 0.2) is 18.5 Å². The zero-order chi connectivity index (χ0) is 10.8. The average molecular weight is 204 g/mol. The van der Waals surface area contributed by atoms with E-state index in [1.54, 1.807) is 12.4 Å². The lowest BCUT2D eigenvalue weighted by Gasteiger charge is -2.13. The van der Waals surface area contributed by atoms with E-state index in [4.69, 9.17) is 5.73 Å². The van der Waals surface area contributed by atoms with Gasteiger partial charge in [0.2, 0.25) is 0 Å². The number of nitrogens with two attached hydrogens (primary N) is 1. The van der Waals surface area contributed by atoms with Crippen LogP contribution in [0.5, 0.6) is 0 Å². The largest absolute Gasteiger partial charge is 0.341 e. The molecule has 0 aromatic carbocycles. The third kappa shape index (κ3) is 2.15. The molecule has 4 heteroatoms. The second-order valence-corrected chi connectivity index (χ2v) is 4.19. The molecule has 0 amide bonds. The van der Waals surface area contributed by atoms with E-state index in [0.29, 0.717) is 5.92 Å². The molecule has 2 heterocycles. The molecule has 15 heavy (non-hydrogen) atoms. The summed E-state index contributed by atoms with van der Waals surface area (Å²) >= 11 is 0. The molecular formula is C11H16N4. The minimum Gasteiger partial charge on any atom is -0.341 e. The number of aromatic nitrogens is 3. The van der Waals surface area contributed by atoms with Crippen molar-refractivity contribution in [3.05, 3.63) is 24.3 Å². The summed E-state index contributed by atoms with van der Waals surface area (Å²) in [7, 11) is 0. The summed E-state index contributed by atoms with van der Waals surface area (Å²) in [5.74, 6) is 1.41. The van der Waals surface area contributed by atoms with Gasteiger partial charge in [0.05, 0.1) is 17.2 Å². The van der Waals surface area contributed by atoms with E-state index in [1.165, 1.54) is 0 Å². The quantitative estimate of drug-likeness (QED) is 0.795. The van der Waals surface area contributed by atoms with Crippen molar-refractivity contribution < 1.29 is 0 Å². The van der Waals surface area contributed by atoms with Crippen LogP contribution in [-0.2, 0) is 6.42 Å². The van der Waals surface area contributed by atoms with Gasteiger partial charge in [-0.05, 0) is 12.0 Å². The summed E-state index contributed by atoms with van der Waals surface area (Å²) in [4.78, 5) is 11.7. The van der Waals surface area contributed by atoms with Crippen molar-refractivity contribution in [2.75, 3.05) is 0 Å². The molecule has 4 nitrogen and oxygen atoms in total. The van der Waals surface area contributed by atoms with Crippen LogP contribution >= 0.6 is 0 Å². The number of fused-ring (bicyclic) bond motifs is 1. The number of H-pyrrole nitrogens is 1. The summed E-state index contributed by atoms with van der Waals surface area (Å²) in [5.41, 5.74) is 7.92. The molecule has 0 saturated heterocycles. The molecule has 2 aromatic rings. The molecule has 80 valence electrons. The Bertz CT molecular complexity index is 414. The number of rotatable bonds is 3. The third-order valence-electron chi connectivity index (χ3n) is 2.62. The predicted octanol–water partition coefficient (Wildman–Crippen LogP) is 1.48. The lowest BCUT2D eigenvalue weighted by molar-refractivity contribution is 0.483.